The molecule has 1 N–H and O–H groups in total. The topological polar surface area (TPSA) is 56.6 Å². The van der Waals surface area contributed by atoms with Gasteiger partial charge in [0.15, 0.2) is 0 Å². The van der Waals surface area contributed by atoms with Gasteiger partial charge >= 0.3 is 0 Å². The van der Waals surface area contributed by atoms with Gasteiger partial charge in [0, 0.05) is 59.7 Å². The molecule has 0 fully saturated rings. The van der Waals surface area contributed by atoms with Crippen LogP contribution in [0.4, 0.5) is 0 Å². The van der Waals surface area contributed by atoms with Gasteiger partial charge in [0.1, 0.15) is 11.2 Å². The second kappa shape index (κ2) is 12.8. The Balaban J connectivity index is 0.929. The summed E-state index contributed by atoms with van der Waals surface area (Å²) in [5.74, 6) is 0.736. The third-order valence-electron chi connectivity index (χ3n) is 11.4. The molecule has 2 atom stereocenters. The third kappa shape index (κ3) is 5.22. The van der Waals surface area contributed by atoms with Gasteiger partial charge in [-0.2, -0.15) is 0 Å². The Morgan fingerprint density at radius 1 is 0.526 bits per heavy atom. The summed E-state index contributed by atoms with van der Waals surface area (Å²) >= 11 is 1.85. The molecule has 0 amide bonds. The molecule has 0 aliphatic carbocycles. The van der Waals surface area contributed by atoms with Crippen molar-refractivity contribution in [2.75, 3.05) is 0 Å². The standard InChI is InChI=1S/C51H33N4OS/c1-3-12-31(13-4-1)49-52-50(32-14-5-2-6-15-32)54-51(53-49)40-18-11-21-44-48(40)39-26-23-33(28-45(39)56-44)34-22-25-38-41-30-35(24-27-46(41)57-47(38)29-34)55-42-19-9-7-16-36(42)37-17-8-10-20-43(37)55/h1-30,49,51,53H/q-1. The number of hydrogen-bond donors (Lipinski definition) is 1. The molecular weight excluding hydrogens is 717 g/mol. The van der Waals surface area contributed by atoms with Gasteiger partial charge in [0.05, 0.1) is 11.0 Å². The van der Waals surface area contributed by atoms with Crippen LogP contribution in [-0.2, 0) is 0 Å². The van der Waals surface area contributed by atoms with E-state index < -0.39 is 0 Å². The highest BCUT2D eigenvalue weighted by atomic mass is 32.1. The normalized spacial score (nSPS) is 15.9. The van der Waals surface area contributed by atoms with Crippen LogP contribution < -0.4 is 5.32 Å². The van der Waals surface area contributed by atoms with Gasteiger partial charge < -0.3 is 24.6 Å². The van der Waals surface area contributed by atoms with E-state index >= 15 is 0 Å². The van der Waals surface area contributed by atoms with E-state index in [0.29, 0.717) is 0 Å². The third-order valence-corrected chi connectivity index (χ3v) is 12.5. The van der Waals surface area contributed by atoms with Gasteiger partial charge in [0.2, 0.25) is 0 Å². The van der Waals surface area contributed by atoms with Gasteiger partial charge in [0.25, 0.3) is 0 Å². The van der Waals surface area contributed by atoms with Crippen LogP contribution in [0.2, 0.25) is 0 Å². The molecule has 12 rings (SSSR count). The minimum atomic E-state index is -0.321. The van der Waals surface area contributed by atoms with Gasteiger partial charge in [-0.25, -0.2) is 0 Å². The molecular formula is C51H33N4OS-. The molecule has 0 bridgehead atoms. The number of para-hydroxylation sites is 2. The number of fused-ring (bicyclic) bond motifs is 9. The van der Waals surface area contributed by atoms with E-state index in [1.165, 1.54) is 47.7 Å². The Labute approximate surface area is 332 Å². The number of aliphatic imine (C=N–C) groups is 1. The molecule has 0 saturated heterocycles. The second-order valence-electron chi connectivity index (χ2n) is 14.7. The van der Waals surface area contributed by atoms with Crippen molar-refractivity contribution < 1.29 is 4.42 Å². The molecule has 0 spiro atoms. The first-order valence-electron chi connectivity index (χ1n) is 19.3. The summed E-state index contributed by atoms with van der Waals surface area (Å²) in [5, 5.41) is 16.0. The van der Waals surface area contributed by atoms with E-state index in [-0.39, 0.29) is 12.3 Å². The Hall–Kier alpha value is -6.99. The Bertz CT molecular complexity index is 3320. The average molecular weight is 750 g/mol. The molecule has 0 radical (unpaired) electrons. The van der Waals surface area contributed by atoms with Crippen molar-refractivity contribution in [1.29, 1.82) is 0 Å². The van der Waals surface area contributed by atoms with E-state index in [9.17, 15) is 0 Å². The van der Waals surface area contributed by atoms with Crippen molar-refractivity contribution in [2.45, 2.75) is 12.3 Å². The van der Waals surface area contributed by atoms with Crippen molar-refractivity contribution in [1.82, 2.24) is 9.88 Å². The molecule has 1 aliphatic heterocycles. The van der Waals surface area contributed by atoms with Crippen molar-refractivity contribution in [2.24, 2.45) is 4.99 Å². The molecule has 6 heteroatoms. The van der Waals surface area contributed by atoms with Gasteiger partial charge in [-0.3, -0.25) is 0 Å². The van der Waals surface area contributed by atoms with Crippen LogP contribution >= 0.6 is 11.3 Å². The summed E-state index contributed by atoms with van der Waals surface area (Å²) < 4.78 is 11.6. The predicted molar refractivity (Wildman–Crippen MR) is 238 cm³/mol. The number of hydrogen-bond acceptors (Lipinski definition) is 4. The fourth-order valence-corrected chi connectivity index (χ4v) is 9.87. The maximum Gasteiger partial charge on any atom is 0.136 e. The molecule has 11 aromatic rings. The van der Waals surface area contributed by atoms with E-state index in [0.717, 1.165) is 55.6 Å². The van der Waals surface area contributed by atoms with Crippen LogP contribution in [0.25, 0.3) is 86.0 Å². The number of nitrogens with zero attached hydrogens (tertiary/aromatic N) is 3. The molecule has 2 unspecified atom stereocenters. The quantitative estimate of drug-likeness (QED) is 0.190. The smallest absolute Gasteiger partial charge is 0.136 e. The van der Waals surface area contributed by atoms with Crippen LogP contribution in [0.15, 0.2) is 191 Å². The van der Waals surface area contributed by atoms with Crippen molar-refractivity contribution >= 4 is 81.1 Å². The highest BCUT2D eigenvalue weighted by molar-refractivity contribution is 7.25. The summed E-state index contributed by atoms with van der Waals surface area (Å²) in [5.41, 5.74) is 10.8. The van der Waals surface area contributed by atoms with E-state index in [1.54, 1.807) is 0 Å². The van der Waals surface area contributed by atoms with Gasteiger partial charge in [-0.05, 0) is 82.4 Å². The largest absolute Gasteiger partial charge is 0.456 e. The van der Waals surface area contributed by atoms with Gasteiger partial charge in [-0.1, -0.05) is 133 Å². The zero-order valence-electron chi connectivity index (χ0n) is 30.6. The Morgan fingerprint density at radius 2 is 1.23 bits per heavy atom. The summed E-state index contributed by atoms with van der Waals surface area (Å²) in [6.07, 6.45) is -0.564. The molecule has 57 heavy (non-hydrogen) atoms. The molecule has 3 aromatic heterocycles. The fourth-order valence-electron chi connectivity index (χ4n) is 8.75. The number of amidine groups is 1. The minimum Gasteiger partial charge on any atom is -0.456 e. The SMILES string of the molecule is c1ccc(C2=NC(c3cccc4oc5cc(-c6ccc7c(c6)sc6ccc(-n8c9ccccc9c9ccccc98)cc67)ccc5c34)NC(c3ccccc3)[N-]2)cc1. The zero-order valence-corrected chi connectivity index (χ0v) is 31.4. The molecule has 1 aliphatic rings. The molecule has 270 valence electrons. The number of furan rings is 1. The summed E-state index contributed by atoms with van der Waals surface area (Å²) in [4.78, 5) is 5.19. The Kier molecular flexibility index (Phi) is 7.24. The zero-order chi connectivity index (χ0) is 37.5. The lowest BCUT2D eigenvalue weighted by Gasteiger charge is -2.40. The number of thiophene rings is 1. The second-order valence-corrected chi connectivity index (χ2v) is 15.8. The number of nitrogens with one attached hydrogen (secondary N) is 1. The monoisotopic (exact) mass is 749 g/mol. The van der Waals surface area contributed by atoms with Crippen LogP contribution in [0.5, 0.6) is 0 Å². The number of benzene rings is 8. The highest BCUT2D eigenvalue weighted by Crippen LogP contribution is 2.42. The first-order valence-corrected chi connectivity index (χ1v) is 20.1. The summed E-state index contributed by atoms with van der Waals surface area (Å²) in [6.45, 7) is 0. The minimum absolute atomic E-state index is 0.243. The lowest BCUT2D eigenvalue weighted by Crippen LogP contribution is -2.31. The molecule has 8 aromatic carbocycles. The lowest BCUT2D eigenvalue weighted by molar-refractivity contribution is 0.491. The van der Waals surface area contributed by atoms with Crippen molar-refractivity contribution in [3.05, 3.63) is 204 Å². The van der Waals surface area contributed by atoms with E-state index in [1.807, 2.05) is 35.6 Å². The van der Waals surface area contributed by atoms with Gasteiger partial charge in [-0.15, -0.1) is 11.3 Å². The highest BCUT2D eigenvalue weighted by Gasteiger charge is 2.22. The first-order chi connectivity index (χ1) is 28.2. The molecule has 4 heterocycles. The van der Waals surface area contributed by atoms with Crippen LogP contribution in [-0.4, -0.2) is 10.4 Å². The van der Waals surface area contributed by atoms with Crippen LogP contribution in [0.1, 0.15) is 29.0 Å². The van der Waals surface area contributed by atoms with Crippen LogP contribution in [0.3, 0.4) is 0 Å². The van der Waals surface area contributed by atoms with Crippen molar-refractivity contribution in [3.63, 3.8) is 0 Å². The molecule has 0 saturated carbocycles. The summed E-state index contributed by atoms with van der Waals surface area (Å²) in [6, 6.07) is 64.6. The predicted octanol–water partition coefficient (Wildman–Crippen LogP) is 13.8. The first kappa shape index (κ1) is 32.3. The maximum absolute atomic E-state index is 6.61. The van der Waals surface area contributed by atoms with Crippen molar-refractivity contribution in [3.8, 4) is 16.8 Å². The number of aromatic nitrogens is 1. The lowest BCUT2D eigenvalue weighted by atomic mass is 9.99. The summed E-state index contributed by atoms with van der Waals surface area (Å²) in [7, 11) is 0. The number of rotatable bonds is 5. The fraction of sp³-hybridized carbons (Fsp3) is 0.0392. The maximum atomic E-state index is 6.61. The average Bonchev–Trinajstić information content (AvgIpc) is 3.95. The Morgan fingerprint density at radius 3 is 2.02 bits per heavy atom. The van der Waals surface area contributed by atoms with E-state index in [2.05, 4.69) is 168 Å². The van der Waals surface area contributed by atoms with Crippen LogP contribution in [0, 0.1) is 0 Å². The van der Waals surface area contributed by atoms with E-state index in [4.69, 9.17) is 14.7 Å². The molecule has 5 nitrogen and oxygen atoms in total.